The molecule has 2 N–H and O–H groups in total. The number of halogens is 3. The number of hydrogen-bond acceptors (Lipinski definition) is 5. The van der Waals surface area contributed by atoms with Crippen LogP contribution in [0.2, 0.25) is 0 Å². The molecule has 0 amide bonds. The number of aliphatic hydroxyl groups is 1. The third kappa shape index (κ3) is 6.53. The fraction of sp³-hybridized carbons (Fsp3) is 0.917. The topological polar surface area (TPSA) is 61.8 Å². The Kier molecular flexibility index (Phi) is 6.70. The van der Waals surface area contributed by atoms with Gasteiger partial charge < -0.3 is 15.2 Å². The third-order valence-electron chi connectivity index (χ3n) is 3.30. The number of nitrogens with zero attached hydrogens (tertiary/aromatic N) is 1. The number of carbonyl (C=O) groups excluding carboxylic acids is 1. The highest BCUT2D eigenvalue weighted by atomic mass is 19.4. The number of nitrogens with one attached hydrogen (secondary N) is 1. The van der Waals surface area contributed by atoms with Crippen molar-refractivity contribution in [2.45, 2.75) is 25.1 Å². The van der Waals surface area contributed by atoms with Gasteiger partial charge in [0.25, 0.3) is 0 Å². The molecule has 2 atom stereocenters. The summed E-state index contributed by atoms with van der Waals surface area (Å²) >= 11 is 0. The highest BCUT2D eigenvalue weighted by molar-refractivity contribution is 5.69. The fourth-order valence-electron chi connectivity index (χ4n) is 2.50. The van der Waals surface area contributed by atoms with Crippen molar-refractivity contribution in [3.63, 3.8) is 0 Å². The first-order valence-corrected chi connectivity index (χ1v) is 6.54. The Morgan fingerprint density at radius 3 is 2.70 bits per heavy atom. The molecule has 1 rings (SSSR count). The van der Waals surface area contributed by atoms with E-state index in [9.17, 15) is 18.0 Å². The maximum atomic E-state index is 12.2. The Morgan fingerprint density at radius 1 is 1.45 bits per heavy atom. The molecule has 1 fully saturated rings. The molecule has 1 aliphatic heterocycles. The molecule has 0 aromatic carbocycles. The number of alkyl halides is 3. The van der Waals surface area contributed by atoms with Gasteiger partial charge in [0.1, 0.15) is 0 Å². The van der Waals surface area contributed by atoms with Gasteiger partial charge >= 0.3 is 12.1 Å². The number of esters is 1. The van der Waals surface area contributed by atoms with Gasteiger partial charge in [-0.3, -0.25) is 9.69 Å². The van der Waals surface area contributed by atoms with E-state index in [2.05, 4.69) is 10.1 Å². The highest BCUT2D eigenvalue weighted by Crippen LogP contribution is 2.21. The zero-order valence-electron chi connectivity index (χ0n) is 11.4. The van der Waals surface area contributed by atoms with Crippen LogP contribution in [0.5, 0.6) is 0 Å². The molecule has 20 heavy (non-hydrogen) atoms. The van der Waals surface area contributed by atoms with Gasteiger partial charge in [0, 0.05) is 32.1 Å². The van der Waals surface area contributed by atoms with Gasteiger partial charge in [-0.2, -0.15) is 13.2 Å². The number of β-amino-alcohol motifs (C(OH)–C–C–N with tert-alkyl or cyclic N) is 1. The summed E-state index contributed by atoms with van der Waals surface area (Å²) in [4.78, 5) is 13.1. The van der Waals surface area contributed by atoms with Gasteiger partial charge in [0.15, 0.2) is 0 Å². The maximum absolute atomic E-state index is 12.2. The third-order valence-corrected chi connectivity index (χ3v) is 3.30. The van der Waals surface area contributed by atoms with Gasteiger partial charge in [0.2, 0.25) is 0 Å². The lowest BCUT2D eigenvalue weighted by molar-refractivity contribution is -0.142. The molecular formula is C12H21F3N2O3. The second-order valence-electron chi connectivity index (χ2n) is 5.06. The summed E-state index contributed by atoms with van der Waals surface area (Å²) in [5.74, 6) is -0.427. The minimum absolute atomic E-state index is 0.0586. The molecule has 0 aliphatic carbocycles. The van der Waals surface area contributed by atoms with Gasteiger partial charge in [-0.25, -0.2) is 0 Å². The van der Waals surface area contributed by atoms with E-state index in [1.807, 2.05) is 4.90 Å². The minimum Gasteiger partial charge on any atom is -0.469 e. The molecule has 0 aromatic heterocycles. The lowest BCUT2D eigenvalue weighted by Crippen LogP contribution is -2.52. The molecule has 5 nitrogen and oxygen atoms in total. The summed E-state index contributed by atoms with van der Waals surface area (Å²) in [5.41, 5.74) is 0. The van der Waals surface area contributed by atoms with Crippen molar-refractivity contribution in [2.75, 3.05) is 39.9 Å². The molecule has 0 radical (unpaired) electrons. The lowest BCUT2D eigenvalue weighted by atomic mass is 9.91. The molecule has 1 aliphatic rings. The molecule has 1 saturated heterocycles. The molecule has 1 heterocycles. The average Bonchev–Trinajstić information content (AvgIpc) is 2.35. The molecule has 0 saturated carbocycles. The molecule has 0 bridgehead atoms. The van der Waals surface area contributed by atoms with Crippen molar-refractivity contribution in [2.24, 2.45) is 5.92 Å². The molecule has 118 valence electrons. The van der Waals surface area contributed by atoms with E-state index >= 15 is 0 Å². The van der Waals surface area contributed by atoms with Crippen molar-refractivity contribution in [1.82, 2.24) is 10.2 Å². The summed E-state index contributed by atoms with van der Waals surface area (Å²) in [6, 6.07) is -0.341. The number of carbonyl (C=O) groups is 1. The normalized spacial score (nSPS) is 24.6. The number of piperidine rings is 1. The van der Waals surface area contributed by atoms with Crippen molar-refractivity contribution >= 4 is 5.97 Å². The standard InChI is InChI=1S/C12H21F3N2O3/c1-20-11(19)5-9-4-10(16-8-12(13,14)15)7-17(6-9)2-3-18/h9-10,16,18H,2-8H2,1H3. The number of likely N-dealkylation sites (tertiary alicyclic amines) is 1. The van der Waals surface area contributed by atoms with E-state index in [1.165, 1.54) is 7.11 Å². The summed E-state index contributed by atoms with van der Waals surface area (Å²) in [6.45, 7) is 0.308. The first-order chi connectivity index (χ1) is 9.34. The summed E-state index contributed by atoms with van der Waals surface area (Å²) in [6.07, 6.45) is -3.58. The quantitative estimate of drug-likeness (QED) is 0.694. The van der Waals surface area contributed by atoms with Crippen molar-refractivity contribution in [3.8, 4) is 0 Å². The van der Waals surface area contributed by atoms with Crippen LogP contribution in [0.25, 0.3) is 0 Å². The van der Waals surface area contributed by atoms with Crippen LogP contribution in [-0.4, -0.2) is 68.1 Å². The Hall–Kier alpha value is -0.860. The summed E-state index contributed by atoms with van der Waals surface area (Å²) in [5, 5.41) is 11.4. The SMILES string of the molecule is COC(=O)CC1CC(NCC(F)(F)F)CN(CCO)C1. The zero-order chi connectivity index (χ0) is 15.2. The molecule has 8 heteroatoms. The number of methoxy groups -OCH3 is 1. The van der Waals surface area contributed by atoms with Crippen LogP contribution in [0.15, 0.2) is 0 Å². The predicted octanol–water partition coefficient (Wildman–Crippen LogP) is 0.384. The number of ether oxygens (including phenoxy) is 1. The zero-order valence-corrected chi connectivity index (χ0v) is 11.4. The van der Waals surface area contributed by atoms with Crippen LogP contribution >= 0.6 is 0 Å². The second kappa shape index (κ2) is 7.80. The first-order valence-electron chi connectivity index (χ1n) is 6.54. The average molecular weight is 298 g/mol. The van der Waals surface area contributed by atoms with Crippen LogP contribution in [-0.2, 0) is 9.53 Å². The molecular weight excluding hydrogens is 277 g/mol. The number of rotatable bonds is 6. The second-order valence-corrected chi connectivity index (χ2v) is 5.06. The Bertz CT molecular complexity index is 313. The highest BCUT2D eigenvalue weighted by Gasteiger charge is 2.32. The van der Waals surface area contributed by atoms with E-state index in [0.29, 0.717) is 26.1 Å². The summed E-state index contributed by atoms with van der Waals surface area (Å²) in [7, 11) is 1.29. The van der Waals surface area contributed by atoms with Crippen molar-refractivity contribution in [1.29, 1.82) is 0 Å². The Labute approximate surface area is 116 Å². The van der Waals surface area contributed by atoms with Crippen molar-refractivity contribution in [3.05, 3.63) is 0 Å². The fourth-order valence-corrected chi connectivity index (χ4v) is 2.50. The van der Waals surface area contributed by atoms with Gasteiger partial charge in [-0.15, -0.1) is 0 Å². The van der Waals surface area contributed by atoms with E-state index in [-0.39, 0.29) is 31.0 Å². The van der Waals surface area contributed by atoms with E-state index in [1.54, 1.807) is 0 Å². The van der Waals surface area contributed by atoms with E-state index < -0.39 is 12.7 Å². The lowest BCUT2D eigenvalue weighted by Gasteiger charge is -2.37. The van der Waals surface area contributed by atoms with Gasteiger partial charge in [-0.1, -0.05) is 0 Å². The van der Waals surface area contributed by atoms with Crippen LogP contribution in [0.3, 0.4) is 0 Å². The van der Waals surface area contributed by atoms with Gasteiger partial charge in [-0.05, 0) is 12.3 Å². The smallest absolute Gasteiger partial charge is 0.401 e. The van der Waals surface area contributed by atoms with Crippen LogP contribution in [0.4, 0.5) is 13.2 Å². The van der Waals surface area contributed by atoms with E-state index in [0.717, 1.165) is 0 Å². The number of aliphatic hydroxyl groups excluding tert-OH is 1. The van der Waals surface area contributed by atoms with Crippen LogP contribution in [0, 0.1) is 5.92 Å². The first kappa shape index (κ1) is 17.2. The van der Waals surface area contributed by atoms with Gasteiger partial charge in [0.05, 0.1) is 20.3 Å². The largest absolute Gasteiger partial charge is 0.469 e. The van der Waals surface area contributed by atoms with Crippen molar-refractivity contribution < 1.29 is 27.8 Å². The van der Waals surface area contributed by atoms with Crippen LogP contribution in [0.1, 0.15) is 12.8 Å². The minimum atomic E-state index is -4.25. The summed E-state index contributed by atoms with van der Waals surface area (Å²) < 4.78 is 41.3. The van der Waals surface area contributed by atoms with E-state index in [4.69, 9.17) is 5.11 Å². The number of hydrogen-bond donors (Lipinski definition) is 2. The molecule has 0 spiro atoms. The maximum Gasteiger partial charge on any atom is 0.401 e. The van der Waals surface area contributed by atoms with Crippen LogP contribution < -0.4 is 5.32 Å². The predicted molar refractivity (Wildman–Crippen MR) is 66.1 cm³/mol. The Balaban J connectivity index is 2.53. The molecule has 0 aromatic rings. The molecule has 2 unspecified atom stereocenters. The Morgan fingerprint density at radius 2 is 2.15 bits per heavy atom. The monoisotopic (exact) mass is 298 g/mol.